The van der Waals surface area contributed by atoms with Crippen LogP contribution in [0.4, 0.5) is 15.8 Å². The minimum atomic E-state index is -0.565. The summed E-state index contributed by atoms with van der Waals surface area (Å²) in [6, 6.07) is 17.8. The van der Waals surface area contributed by atoms with Crippen LogP contribution in [0.1, 0.15) is 33.9 Å². The molecule has 0 unspecified atom stereocenters. The van der Waals surface area contributed by atoms with Crippen LogP contribution in [0.5, 0.6) is 5.75 Å². The number of amides is 2. The molecular weight excluding hydrogens is 618 g/mol. The Morgan fingerprint density at radius 3 is 2.42 bits per heavy atom. The largest absolute Gasteiger partial charge is 0.489 e. The number of aromatic nitrogens is 1. The van der Waals surface area contributed by atoms with Gasteiger partial charge in [0.15, 0.2) is 0 Å². The number of ether oxygens (including phenoxy) is 1. The van der Waals surface area contributed by atoms with Crippen LogP contribution in [0.15, 0.2) is 76.6 Å². The Hall–Kier alpha value is -4.29. The molecule has 2 aliphatic heterocycles. The summed E-state index contributed by atoms with van der Waals surface area (Å²) in [5, 5.41) is 12.6. The fourth-order valence-corrected chi connectivity index (χ4v) is 11.0. The molecule has 3 fully saturated rings. The Morgan fingerprint density at radius 1 is 1.00 bits per heavy atom. The Kier molecular flexibility index (Phi) is 6.51. The Morgan fingerprint density at radius 2 is 1.71 bits per heavy atom. The molecule has 4 aromatic rings. The zero-order valence-corrected chi connectivity index (χ0v) is 25.5. The summed E-state index contributed by atoms with van der Waals surface area (Å²) in [5.74, 6) is -2.59. The normalized spacial score (nSPS) is 27.8. The highest BCUT2D eigenvalue weighted by atomic mass is 32.2. The van der Waals surface area contributed by atoms with Gasteiger partial charge in [-0.1, -0.05) is 41.2 Å². The second-order valence-corrected chi connectivity index (χ2v) is 14.4. The molecular formula is C33H26FN3O6S2. The number of hydrogen-bond donors (Lipinski definition) is 1. The lowest BCUT2D eigenvalue weighted by Gasteiger charge is -2.43. The van der Waals surface area contributed by atoms with Gasteiger partial charge in [0.05, 0.1) is 27.5 Å². The maximum Gasteiger partial charge on any atom is 0.305 e. The van der Waals surface area contributed by atoms with Gasteiger partial charge in [-0.2, -0.15) is 0 Å². The van der Waals surface area contributed by atoms with Gasteiger partial charge in [-0.3, -0.25) is 29.4 Å². The highest BCUT2D eigenvalue weighted by molar-refractivity contribution is 8.00. The minimum absolute atomic E-state index is 0.0949. The predicted molar refractivity (Wildman–Crippen MR) is 166 cm³/mol. The predicted octanol–water partition coefficient (Wildman–Crippen LogP) is 6.05. The van der Waals surface area contributed by atoms with Gasteiger partial charge in [0.2, 0.25) is 11.8 Å². The highest BCUT2D eigenvalue weighted by Gasteiger charge is 2.70. The molecule has 45 heavy (non-hydrogen) atoms. The molecule has 8 rings (SSSR count). The maximum atomic E-state index is 14.0. The standard InChI is InChI=1S/C33H26FN3O6S2/c1-15-2-4-16(5-3-15)14-43-23-11-10-19(37(41)42)12-20(23)24-25-21-13-22(28(25)44-30-29(24)45-33(40)35-30)27-26(21)31(38)36(32(27)39)18-8-6-17(34)7-9-18/h2-12,21-22,24-28H,13-14H2,1H3,(H,35,40)/t21-,22-,24+,25+,26+,27+,28-/m1/s1. The SMILES string of the molecule is Cc1ccc(COc2ccc([N+](=O)[O-])cc2[C@@H]2c3sc(=O)[nH]c3S[C@@H]3[C@@H]4C[C@@H]([C@@H]5C(=O)N(c6ccc(F)cc6)C(=O)[C@@H]45)[C@@H]23)cc1. The van der Waals surface area contributed by atoms with Crippen LogP contribution in [-0.4, -0.2) is 27.0 Å². The van der Waals surface area contributed by atoms with Gasteiger partial charge in [-0.15, -0.1) is 11.8 Å². The summed E-state index contributed by atoms with van der Waals surface area (Å²) in [4.78, 5) is 56.7. The van der Waals surface area contributed by atoms with Gasteiger partial charge in [-0.05, 0) is 67.0 Å². The number of non-ortho nitro benzene ring substituents is 1. The van der Waals surface area contributed by atoms with Crippen molar-refractivity contribution >= 4 is 46.3 Å². The van der Waals surface area contributed by atoms with Gasteiger partial charge >= 0.3 is 4.87 Å². The Labute approximate surface area is 264 Å². The lowest BCUT2D eigenvalue weighted by molar-refractivity contribution is -0.385. The molecule has 2 aliphatic carbocycles. The van der Waals surface area contributed by atoms with E-state index >= 15 is 0 Å². The van der Waals surface area contributed by atoms with E-state index in [9.17, 15) is 28.9 Å². The number of nitro groups is 1. The van der Waals surface area contributed by atoms with Crippen LogP contribution in [0.3, 0.4) is 0 Å². The number of thiazole rings is 1. The number of hydrogen-bond acceptors (Lipinski definition) is 8. The van der Waals surface area contributed by atoms with Crippen molar-refractivity contribution in [2.45, 2.75) is 36.1 Å². The number of halogens is 1. The quantitative estimate of drug-likeness (QED) is 0.154. The smallest absolute Gasteiger partial charge is 0.305 e. The lowest BCUT2D eigenvalue weighted by atomic mass is 9.68. The summed E-state index contributed by atoms with van der Waals surface area (Å²) in [6.07, 6.45) is 0.663. The molecule has 1 aromatic heterocycles. The van der Waals surface area contributed by atoms with Crippen molar-refractivity contribution in [3.05, 3.63) is 114 Å². The Balaban J connectivity index is 1.22. The molecule has 4 aliphatic rings. The molecule has 228 valence electrons. The molecule has 2 amide bonds. The van der Waals surface area contributed by atoms with E-state index in [0.29, 0.717) is 28.4 Å². The molecule has 0 radical (unpaired) electrons. The number of imide groups is 1. The summed E-state index contributed by atoms with van der Waals surface area (Å²) >= 11 is 2.62. The first-order valence-corrected chi connectivity index (χ1v) is 16.4. The first-order chi connectivity index (χ1) is 21.7. The van der Waals surface area contributed by atoms with E-state index in [-0.39, 0.29) is 52.0 Å². The number of thioether (sulfide) groups is 1. The van der Waals surface area contributed by atoms with Crippen LogP contribution in [0, 0.1) is 52.4 Å². The van der Waals surface area contributed by atoms with Gasteiger partial charge in [0, 0.05) is 33.7 Å². The van der Waals surface area contributed by atoms with Crippen molar-refractivity contribution in [3.8, 4) is 5.75 Å². The van der Waals surface area contributed by atoms with Crippen molar-refractivity contribution in [1.82, 2.24) is 4.98 Å². The van der Waals surface area contributed by atoms with Gasteiger partial charge in [0.25, 0.3) is 5.69 Å². The second-order valence-electron chi connectivity index (χ2n) is 12.2. The summed E-state index contributed by atoms with van der Waals surface area (Å²) in [6.45, 7) is 2.24. The van der Waals surface area contributed by atoms with Crippen LogP contribution in [0.2, 0.25) is 0 Å². The van der Waals surface area contributed by atoms with E-state index in [2.05, 4.69) is 4.98 Å². The third kappa shape index (κ3) is 4.37. The van der Waals surface area contributed by atoms with Crippen molar-refractivity contribution < 1.29 is 23.6 Å². The number of aryl methyl sites for hydroxylation is 1. The maximum absolute atomic E-state index is 14.0. The first-order valence-electron chi connectivity index (χ1n) is 14.7. The monoisotopic (exact) mass is 643 g/mol. The van der Waals surface area contributed by atoms with Crippen LogP contribution in [-0.2, 0) is 16.2 Å². The molecule has 3 heterocycles. The molecule has 2 bridgehead atoms. The molecule has 2 saturated carbocycles. The number of H-pyrrole nitrogens is 1. The number of rotatable bonds is 6. The van der Waals surface area contributed by atoms with Crippen molar-refractivity contribution in [2.24, 2.45) is 29.6 Å². The van der Waals surface area contributed by atoms with Crippen LogP contribution < -0.4 is 14.5 Å². The van der Waals surface area contributed by atoms with E-state index < -0.39 is 28.5 Å². The number of benzene rings is 3. The summed E-state index contributed by atoms with van der Waals surface area (Å²) in [5.41, 5.74) is 2.90. The van der Waals surface area contributed by atoms with Crippen molar-refractivity contribution in [3.63, 3.8) is 0 Å². The van der Waals surface area contributed by atoms with Crippen LogP contribution in [0.25, 0.3) is 0 Å². The van der Waals surface area contributed by atoms with Gasteiger partial charge < -0.3 is 9.72 Å². The molecule has 0 spiro atoms. The topological polar surface area (TPSA) is 123 Å². The summed E-state index contributed by atoms with van der Waals surface area (Å²) in [7, 11) is 0. The van der Waals surface area contributed by atoms with E-state index in [1.165, 1.54) is 53.1 Å². The average molecular weight is 644 g/mol. The third-order valence-electron chi connectivity index (χ3n) is 9.86. The van der Waals surface area contributed by atoms with Crippen LogP contribution >= 0.6 is 23.1 Å². The lowest BCUT2D eigenvalue weighted by Crippen LogP contribution is -2.42. The molecule has 3 aromatic carbocycles. The third-order valence-corrected chi connectivity index (χ3v) is 12.5. The number of carbonyl (C=O) groups is 2. The van der Waals surface area contributed by atoms with Gasteiger partial charge in [-0.25, -0.2) is 4.39 Å². The second kappa shape index (κ2) is 10.4. The highest BCUT2D eigenvalue weighted by Crippen LogP contribution is 2.69. The molecule has 9 nitrogen and oxygen atoms in total. The average Bonchev–Trinajstić information content (AvgIpc) is 3.76. The number of anilines is 1. The number of nitrogens with one attached hydrogen (secondary N) is 1. The Bertz CT molecular complexity index is 1940. The number of fused-ring (bicyclic) bond motifs is 9. The van der Waals surface area contributed by atoms with Crippen molar-refractivity contribution in [1.29, 1.82) is 0 Å². The first kappa shape index (κ1) is 28.2. The van der Waals surface area contributed by atoms with E-state index in [0.717, 1.165) is 27.3 Å². The fraction of sp³-hybridized carbons (Fsp3) is 0.303. The zero-order chi connectivity index (χ0) is 31.1. The number of aromatic amines is 1. The van der Waals surface area contributed by atoms with E-state index in [1.807, 2.05) is 31.2 Å². The van der Waals surface area contributed by atoms with Gasteiger partial charge in [0.1, 0.15) is 18.2 Å². The molecule has 1 saturated heterocycles. The van der Waals surface area contributed by atoms with E-state index in [1.54, 1.807) is 6.07 Å². The number of nitro benzene ring substituents is 1. The fourth-order valence-electron chi connectivity index (χ4n) is 8.08. The minimum Gasteiger partial charge on any atom is -0.489 e. The number of carbonyl (C=O) groups excluding carboxylic acids is 2. The van der Waals surface area contributed by atoms with Crippen molar-refractivity contribution in [2.75, 3.05) is 4.90 Å². The summed E-state index contributed by atoms with van der Waals surface area (Å²) < 4.78 is 20.0. The number of nitrogens with zero attached hydrogens (tertiary/aromatic N) is 2. The zero-order valence-electron chi connectivity index (χ0n) is 23.8. The molecule has 7 atom stereocenters. The van der Waals surface area contributed by atoms with E-state index in [4.69, 9.17) is 4.74 Å². The molecule has 12 heteroatoms. The molecule has 1 N–H and O–H groups in total.